The van der Waals surface area contributed by atoms with Crippen LogP contribution in [-0.4, -0.2) is 17.0 Å². The van der Waals surface area contributed by atoms with Crippen molar-refractivity contribution in [2.24, 2.45) is 5.73 Å². The number of furan rings is 1. The smallest absolute Gasteiger partial charge is 0.338 e. The highest BCUT2D eigenvalue weighted by Gasteiger charge is 2.09. The third-order valence-corrected chi connectivity index (χ3v) is 2.91. The molecule has 0 aliphatic carbocycles. The van der Waals surface area contributed by atoms with Crippen molar-refractivity contribution in [3.05, 3.63) is 52.4 Å². The van der Waals surface area contributed by atoms with Gasteiger partial charge in [0.1, 0.15) is 12.0 Å². The molecule has 0 spiro atoms. The number of carboxylic acid groups (broad SMARTS) is 1. The summed E-state index contributed by atoms with van der Waals surface area (Å²) in [7, 11) is 0. The average Bonchev–Trinajstić information content (AvgIpc) is 2.85. The Bertz CT molecular complexity index is 666. The third kappa shape index (κ3) is 3.10. The number of nitrogens with one attached hydrogen (secondary N) is 1. The van der Waals surface area contributed by atoms with E-state index in [-0.39, 0.29) is 16.1 Å². The Morgan fingerprint density at radius 3 is 2.65 bits per heavy atom. The minimum atomic E-state index is -1.05. The summed E-state index contributed by atoms with van der Waals surface area (Å²) in [6.07, 6.45) is 1.17. The van der Waals surface area contributed by atoms with Crippen LogP contribution in [0.3, 0.4) is 0 Å². The summed E-state index contributed by atoms with van der Waals surface area (Å²) in [5, 5.41) is 12.0. The molecule has 0 atom stereocenters. The standard InChI is InChI=1S/C13H11ClN2O4/c14-11-4-8(1-2-10(11)12(15)17)16-5-9-3-7(6-20-9)13(18)19/h1-4,6,16H,5H2,(H2,15,17)(H,18,19). The zero-order valence-corrected chi connectivity index (χ0v) is 11.0. The van der Waals surface area contributed by atoms with E-state index in [4.69, 9.17) is 26.9 Å². The quantitative estimate of drug-likeness (QED) is 0.785. The fraction of sp³-hybridized carbons (Fsp3) is 0.0769. The van der Waals surface area contributed by atoms with Crippen LogP contribution in [0.4, 0.5) is 5.69 Å². The molecule has 0 aliphatic heterocycles. The van der Waals surface area contributed by atoms with Crippen LogP contribution in [0.2, 0.25) is 5.02 Å². The van der Waals surface area contributed by atoms with Crippen LogP contribution in [0.25, 0.3) is 0 Å². The highest BCUT2D eigenvalue weighted by molar-refractivity contribution is 6.34. The minimum absolute atomic E-state index is 0.0870. The van der Waals surface area contributed by atoms with Crippen LogP contribution in [0.1, 0.15) is 26.5 Å². The summed E-state index contributed by atoms with van der Waals surface area (Å²) < 4.78 is 5.09. The number of carbonyl (C=O) groups is 2. The van der Waals surface area contributed by atoms with Crippen LogP contribution in [0, 0.1) is 0 Å². The summed E-state index contributed by atoms with van der Waals surface area (Å²) in [5.41, 5.74) is 6.13. The Balaban J connectivity index is 2.05. The second kappa shape index (κ2) is 5.66. The van der Waals surface area contributed by atoms with Gasteiger partial charge in [0.2, 0.25) is 5.91 Å². The molecule has 4 N–H and O–H groups in total. The van der Waals surface area contributed by atoms with Crippen LogP contribution in [-0.2, 0) is 6.54 Å². The molecule has 20 heavy (non-hydrogen) atoms. The Morgan fingerprint density at radius 1 is 1.35 bits per heavy atom. The lowest BCUT2D eigenvalue weighted by Gasteiger charge is -2.06. The van der Waals surface area contributed by atoms with Gasteiger partial charge in [-0.1, -0.05) is 11.6 Å². The maximum atomic E-state index is 11.0. The number of rotatable bonds is 5. The van der Waals surface area contributed by atoms with E-state index < -0.39 is 11.9 Å². The summed E-state index contributed by atoms with van der Waals surface area (Å²) in [5.74, 6) is -1.18. The molecular formula is C13H11ClN2O4. The molecule has 0 radical (unpaired) electrons. The van der Waals surface area contributed by atoms with Crippen LogP contribution in [0.15, 0.2) is 34.9 Å². The molecule has 1 heterocycles. The molecule has 7 heteroatoms. The lowest BCUT2D eigenvalue weighted by Crippen LogP contribution is -2.11. The minimum Gasteiger partial charge on any atom is -0.478 e. The van der Waals surface area contributed by atoms with Gasteiger partial charge in [-0.3, -0.25) is 4.79 Å². The Kier molecular flexibility index (Phi) is 3.95. The van der Waals surface area contributed by atoms with Crippen molar-refractivity contribution in [1.82, 2.24) is 0 Å². The van der Waals surface area contributed by atoms with Crippen molar-refractivity contribution in [1.29, 1.82) is 0 Å². The van der Waals surface area contributed by atoms with Gasteiger partial charge in [0, 0.05) is 5.69 Å². The maximum absolute atomic E-state index is 11.0. The summed E-state index contributed by atoms with van der Waals surface area (Å²) in [6.45, 7) is 0.291. The van der Waals surface area contributed by atoms with Crippen molar-refractivity contribution in [2.45, 2.75) is 6.54 Å². The van der Waals surface area contributed by atoms with Gasteiger partial charge in [-0.15, -0.1) is 0 Å². The van der Waals surface area contributed by atoms with E-state index in [2.05, 4.69) is 5.32 Å². The second-order valence-electron chi connectivity index (χ2n) is 4.02. The van der Waals surface area contributed by atoms with Crippen LogP contribution >= 0.6 is 11.6 Å². The normalized spacial score (nSPS) is 10.2. The number of nitrogens with two attached hydrogens (primary N) is 1. The van der Waals surface area contributed by atoms with Gasteiger partial charge in [0.25, 0.3) is 0 Å². The first-order valence-electron chi connectivity index (χ1n) is 5.61. The fourth-order valence-corrected chi connectivity index (χ4v) is 1.87. The molecule has 1 amide bonds. The largest absolute Gasteiger partial charge is 0.478 e. The molecule has 0 fully saturated rings. The molecule has 0 aliphatic rings. The van der Waals surface area contributed by atoms with Gasteiger partial charge < -0.3 is 20.6 Å². The van der Waals surface area contributed by atoms with Gasteiger partial charge in [-0.05, 0) is 24.3 Å². The van der Waals surface area contributed by atoms with E-state index in [0.29, 0.717) is 18.0 Å². The van der Waals surface area contributed by atoms with Crippen molar-refractivity contribution >= 4 is 29.2 Å². The second-order valence-corrected chi connectivity index (χ2v) is 4.43. The zero-order chi connectivity index (χ0) is 14.7. The molecular weight excluding hydrogens is 284 g/mol. The van der Waals surface area contributed by atoms with E-state index in [1.165, 1.54) is 18.4 Å². The predicted molar refractivity (Wildman–Crippen MR) is 73.0 cm³/mol. The zero-order valence-electron chi connectivity index (χ0n) is 10.2. The molecule has 2 aromatic rings. The number of carboxylic acids is 1. The number of hydrogen-bond donors (Lipinski definition) is 3. The molecule has 0 saturated heterocycles. The first kappa shape index (κ1) is 14.0. The molecule has 104 valence electrons. The molecule has 6 nitrogen and oxygen atoms in total. The summed E-state index contributed by atoms with van der Waals surface area (Å²) in [6, 6.07) is 6.14. The first-order valence-corrected chi connectivity index (χ1v) is 5.99. The topological polar surface area (TPSA) is 106 Å². The van der Waals surface area contributed by atoms with Crippen molar-refractivity contribution in [3.63, 3.8) is 0 Å². The molecule has 0 bridgehead atoms. The van der Waals surface area contributed by atoms with E-state index in [9.17, 15) is 9.59 Å². The van der Waals surface area contributed by atoms with E-state index >= 15 is 0 Å². The van der Waals surface area contributed by atoms with Crippen molar-refractivity contribution in [3.8, 4) is 0 Å². The Hall–Kier alpha value is -2.47. The highest BCUT2D eigenvalue weighted by atomic mass is 35.5. The SMILES string of the molecule is NC(=O)c1ccc(NCc2cc(C(=O)O)co2)cc1Cl. The van der Waals surface area contributed by atoms with Gasteiger partial charge >= 0.3 is 5.97 Å². The van der Waals surface area contributed by atoms with Crippen LogP contribution < -0.4 is 11.1 Å². The monoisotopic (exact) mass is 294 g/mol. The summed E-state index contributed by atoms with van der Waals surface area (Å²) in [4.78, 5) is 21.7. The van der Waals surface area contributed by atoms with Crippen molar-refractivity contribution in [2.75, 3.05) is 5.32 Å². The number of hydrogen-bond acceptors (Lipinski definition) is 4. The van der Waals surface area contributed by atoms with E-state index in [1.54, 1.807) is 12.1 Å². The summed E-state index contributed by atoms with van der Waals surface area (Å²) >= 11 is 5.91. The number of primary amides is 1. The number of halogens is 1. The lowest BCUT2D eigenvalue weighted by molar-refractivity contribution is 0.0696. The number of carbonyl (C=O) groups excluding carboxylic acids is 1. The predicted octanol–water partition coefficient (Wildman–Crippen LogP) is 2.34. The number of anilines is 1. The van der Waals surface area contributed by atoms with Crippen LogP contribution in [0.5, 0.6) is 0 Å². The maximum Gasteiger partial charge on any atom is 0.338 e. The van der Waals surface area contributed by atoms with Gasteiger partial charge in [-0.25, -0.2) is 4.79 Å². The molecule has 0 saturated carbocycles. The van der Waals surface area contributed by atoms with Gasteiger partial charge in [0.15, 0.2) is 0 Å². The van der Waals surface area contributed by atoms with Crippen molar-refractivity contribution < 1.29 is 19.1 Å². The van der Waals surface area contributed by atoms with E-state index in [0.717, 1.165) is 0 Å². The average molecular weight is 295 g/mol. The molecule has 0 unspecified atom stereocenters. The Morgan fingerprint density at radius 2 is 2.10 bits per heavy atom. The first-order chi connectivity index (χ1) is 9.47. The Labute approximate surface area is 119 Å². The number of benzene rings is 1. The lowest BCUT2D eigenvalue weighted by atomic mass is 10.2. The number of amides is 1. The number of aromatic carboxylic acids is 1. The fourth-order valence-electron chi connectivity index (χ4n) is 1.60. The van der Waals surface area contributed by atoms with Gasteiger partial charge in [-0.2, -0.15) is 0 Å². The highest BCUT2D eigenvalue weighted by Crippen LogP contribution is 2.21. The molecule has 1 aromatic carbocycles. The van der Waals surface area contributed by atoms with E-state index in [1.807, 2.05) is 0 Å². The third-order valence-electron chi connectivity index (χ3n) is 2.60. The molecule has 1 aromatic heterocycles. The molecule has 2 rings (SSSR count). The van der Waals surface area contributed by atoms with Gasteiger partial charge in [0.05, 0.1) is 22.7 Å².